The number of hydrogen-bond acceptors (Lipinski definition) is 3. The van der Waals surface area contributed by atoms with Crippen LogP contribution in [0.1, 0.15) is 50.4 Å². The fourth-order valence-electron chi connectivity index (χ4n) is 2.96. The molecule has 144 valence electrons. The van der Waals surface area contributed by atoms with E-state index >= 15 is 0 Å². The molecule has 1 aromatic rings. The molecule has 1 atom stereocenters. The van der Waals surface area contributed by atoms with Crippen molar-refractivity contribution in [3.8, 4) is 0 Å². The van der Waals surface area contributed by atoms with Crippen LogP contribution in [0, 0.1) is 17.6 Å². The highest BCUT2D eigenvalue weighted by atomic mass is 19.2. The lowest BCUT2D eigenvalue weighted by Crippen LogP contribution is -2.43. The van der Waals surface area contributed by atoms with Crippen LogP contribution in [-0.4, -0.2) is 42.1 Å². The topological polar surface area (TPSA) is 58.6 Å². The van der Waals surface area contributed by atoms with Crippen molar-refractivity contribution in [2.75, 3.05) is 19.6 Å². The van der Waals surface area contributed by atoms with Crippen LogP contribution >= 0.6 is 0 Å². The number of amides is 2. The van der Waals surface area contributed by atoms with Crippen LogP contribution in [0.5, 0.6) is 0 Å². The highest BCUT2D eigenvalue weighted by Gasteiger charge is 2.27. The Kier molecular flexibility index (Phi) is 6.56. The molecule has 5 nitrogen and oxygen atoms in total. The zero-order chi connectivity index (χ0) is 19.3. The SMILES string of the molecule is CC(C)(C)OC(=O)N1CCCC(CCNC(=O)c2cccc(F)c2F)C1. The molecule has 1 aromatic carbocycles. The lowest BCUT2D eigenvalue weighted by Gasteiger charge is -2.34. The Morgan fingerprint density at radius 3 is 2.73 bits per heavy atom. The lowest BCUT2D eigenvalue weighted by molar-refractivity contribution is 0.0161. The summed E-state index contributed by atoms with van der Waals surface area (Å²) in [6.07, 6.45) is 2.15. The summed E-state index contributed by atoms with van der Waals surface area (Å²) in [5.41, 5.74) is -0.837. The summed E-state index contributed by atoms with van der Waals surface area (Å²) >= 11 is 0. The van der Waals surface area contributed by atoms with Gasteiger partial charge in [-0.1, -0.05) is 6.07 Å². The second-order valence-corrected chi connectivity index (χ2v) is 7.58. The molecule has 2 rings (SSSR count). The van der Waals surface area contributed by atoms with E-state index in [1.165, 1.54) is 12.1 Å². The van der Waals surface area contributed by atoms with Gasteiger partial charge in [0.25, 0.3) is 5.91 Å². The van der Waals surface area contributed by atoms with Crippen molar-refractivity contribution >= 4 is 12.0 Å². The molecule has 1 N–H and O–H groups in total. The molecule has 26 heavy (non-hydrogen) atoms. The van der Waals surface area contributed by atoms with Gasteiger partial charge in [-0.15, -0.1) is 0 Å². The fraction of sp³-hybridized carbons (Fsp3) is 0.579. The van der Waals surface area contributed by atoms with Crippen LogP contribution < -0.4 is 5.32 Å². The minimum absolute atomic E-state index is 0.230. The molecule has 1 fully saturated rings. The van der Waals surface area contributed by atoms with Gasteiger partial charge in [0.2, 0.25) is 0 Å². The fourth-order valence-corrected chi connectivity index (χ4v) is 2.96. The third-order valence-electron chi connectivity index (χ3n) is 4.21. The predicted molar refractivity (Wildman–Crippen MR) is 93.8 cm³/mol. The summed E-state index contributed by atoms with van der Waals surface area (Å²) in [4.78, 5) is 25.8. The third-order valence-corrected chi connectivity index (χ3v) is 4.21. The van der Waals surface area contributed by atoms with Crippen molar-refractivity contribution in [2.24, 2.45) is 5.92 Å². The summed E-state index contributed by atoms with van der Waals surface area (Å²) in [6, 6.07) is 3.52. The molecular formula is C19H26F2N2O3. The summed E-state index contributed by atoms with van der Waals surface area (Å²) in [6.45, 7) is 7.04. The first kappa shape index (κ1) is 20.1. The summed E-state index contributed by atoms with van der Waals surface area (Å²) in [5.74, 6) is -2.59. The van der Waals surface area contributed by atoms with Gasteiger partial charge >= 0.3 is 6.09 Å². The molecule has 0 aromatic heterocycles. The van der Waals surface area contributed by atoms with E-state index in [-0.39, 0.29) is 17.6 Å². The number of halogens is 2. The van der Waals surface area contributed by atoms with Gasteiger partial charge in [-0.25, -0.2) is 13.6 Å². The predicted octanol–water partition coefficient (Wildman–Crippen LogP) is 3.73. The second kappa shape index (κ2) is 8.47. The quantitative estimate of drug-likeness (QED) is 0.881. The number of rotatable bonds is 4. The number of carbonyl (C=O) groups is 2. The van der Waals surface area contributed by atoms with Gasteiger partial charge in [0.15, 0.2) is 11.6 Å². The van der Waals surface area contributed by atoms with Crippen LogP contribution in [-0.2, 0) is 4.74 Å². The van der Waals surface area contributed by atoms with Gasteiger partial charge in [-0.2, -0.15) is 0 Å². The van der Waals surface area contributed by atoms with E-state index in [4.69, 9.17) is 4.74 Å². The summed E-state index contributed by atoms with van der Waals surface area (Å²) in [7, 11) is 0. The average Bonchev–Trinajstić information content (AvgIpc) is 2.56. The molecular weight excluding hydrogens is 342 g/mol. The van der Waals surface area contributed by atoms with Crippen molar-refractivity contribution in [3.05, 3.63) is 35.4 Å². The number of nitrogens with one attached hydrogen (secondary N) is 1. The van der Waals surface area contributed by atoms with Crippen LogP contribution in [0.3, 0.4) is 0 Å². The Labute approximate surface area is 152 Å². The molecule has 2 amide bonds. The van der Waals surface area contributed by atoms with Gasteiger partial charge in [-0.3, -0.25) is 4.79 Å². The van der Waals surface area contributed by atoms with E-state index in [2.05, 4.69) is 5.32 Å². The number of ether oxygens (including phenoxy) is 1. The monoisotopic (exact) mass is 368 g/mol. The van der Waals surface area contributed by atoms with Crippen molar-refractivity contribution in [2.45, 2.75) is 45.6 Å². The van der Waals surface area contributed by atoms with Crippen molar-refractivity contribution in [1.82, 2.24) is 10.2 Å². The van der Waals surface area contributed by atoms with E-state index in [1.54, 1.807) is 4.90 Å². The Hall–Kier alpha value is -2.18. The van der Waals surface area contributed by atoms with Crippen LogP contribution in [0.25, 0.3) is 0 Å². The molecule has 1 aliphatic rings. The molecule has 0 saturated carbocycles. The van der Waals surface area contributed by atoms with Gasteiger partial charge in [0.1, 0.15) is 5.60 Å². The van der Waals surface area contributed by atoms with Gasteiger partial charge in [-0.05, 0) is 58.1 Å². The zero-order valence-corrected chi connectivity index (χ0v) is 15.5. The molecule has 0 aliphatic carbocycles. The van der Waals surface area contributed by atoms with Crippen molar-refractivity contribution in [1.29, 1.82) is 0 Å². The minimum atomic E-state index is -1.14. The number of carbonyl (C=O) groups excluding carboxylic acids is 2. The minimum Gasteiger partial charge on any atom is -0.444 e. The molecule has 0 radical (unpaired) electrons. The third kappa shape index (κ3) is 5.68. The maximum atomic E-state index is 13.6. The maximum Gasteiger partial charge on any atom is 0.410 e. The Morgan fingerprint density at radius 2 is 2.04 bits per heavy atom. The van der Waals surface area contributed by atoms with E-state index in [0.717, 1.165) is 18.9 Å². The van der Waals surface area contributed by atoms with Crippen molar-refractivity contribution < 1.29 is 23.1 Å². The summed E-state index contributed by atoms with van der Waals surface area (Å²) in [5, 5.41) is 2.62. The van der Waals surface area contributed by atoms with Crippen LogP contribution in [0.15, 0.2) is 18.2 Å². The first-order valence-corrected chi connectivity index (χ1v) is 8.87. The number of nitrogens with zero attached hydrogens (tertiary/aromatic N) is 1. The Balaban J connectivity index is 1.81. The second-order valence-electron chi connectivity index (χ2n) is 7.58. The molecule has 7 heteroatoms. The largest absolute Gasteiger partial charge is 0.444 e. The molecule has 1 aliphatic heterocycles. The molecule has 0 bridgehead atoms. The number of likely N-dealkylation sites (tertiary alicyclic amines) is 1. The highest BCUT2D eigenvalue weighted by Crippen LogP contribution is 2.21. The molecule has 1 unspecified atom stereocenters. The average molecular weight is 368 g/mol. The highest BCUT2D eigenvalue weighted by molar-refractivity contribution is 5.94. The van der Waals surface area contributed by atoms with Gasteiger partial charge in [0, 0.05) is 19.6 Å². The number of hydrogen-bond donors (Lipinski definition) is 1. The molecule has 1 saturated heterocycles. The smallest absolute Gasteiger partial charge is 0.410 e. The first-order chi connectivity index (χ1) is 12.2. The van der Waals surface area contributed by atoms with E-state index in [0.29, 0.717) is 26.1 Å². The van der Waals surface area contributed by atoms with E-state index in [9.17, 15) is 18.4 Å². The zero-order valence-electron chi connectivity index (χ0n) is 15.5. The maximum absolute atomic E-state index is 13.6. The lowest BCUT2D eigenvalue weighted by atomic mass is 9.95. The summed E-state index contributed by atoms with van der Waals surface area (Å²) < 4.78 is 32.2. The van der Waals surface area contributed by atoms with Gasteiger partial charge in [0.05, 0.1) is 5.56 Å². The Bertz CT molecular complexity index is 659. The van der Waals surface area contributed by atoms with Crippen molar-refractivity contribution in [3.63, 3.8) is 0 Å². The molecule has 1 heterocycles. The van der Waals surface area contributed by atoms with E-state index < -0.39 is 23.1 Å². The molecule has 0 spiro atoms. The van der Waals surface area contributed by atoms with Crippen LogP contribution in [0.2, 0.25) is 0 Å². The van der Waals surface area contributed by atoms with E-state index in [1.807, 2.05) is 20.8 Å². The standard InChI is InChI=1S/C19H26F2N2O3/c1-19(2,3)26-18(25)23-11-5-6-13(12-23)9-10-22-17(24)14-7-4-8-15(20)16(14)21/h4,7-8,13H,5-6,9-12H2,1-3H3,(H,22,24). The van der Waals surface area contributed by atoms with Crippen LogP contribution in [0.4, 0.5) is 13.6 Å². The Morgan fingerprint density at radius 1 is 1.31 bits per heavy atom. The van der Waals surface area contributed by atoms with Gasteiger partial charge < -0.3 is 15.0 Å². The first-order valence-electron chi connectivity index (χ1n) is 8.87. The normalized spacial score (nSPS) is 17.7. The number of piperidine rings is 1. The number of benzene rings is 1.